The van der Waals surface area contributed by atoms with Crippen LogP contribution in [0.1, 0.15) is 32.6 Å². The number of carboxylic acids is 1. The molecular weight excluding hydrogens is 450 g/mol. The summed E-state index contributed by atoms with van der Waals surface area (Å²) in [6, 6.07) is 22.8. The molecule has 6 rings (SSSR count). The van der Waals surface area contributed by atoms with Crippen LogP contribution >= 0.6 is 0 Å². The molecule has 2 fully saturated rings. The number of carbonyl (C=O) groups excluding carboxylic acids is 2. The molecule has 1 saturated carbocycles. The highest BCUT2D eigenvalue weighted by Gasteiger charge is 2.62. The molecule has 3 aromatic rings. The van der Waals surface area contributed by atoms with Crippen LogP contribution in [-0.2, 0) is 9.59 Å². The molecule has 0 radical (unpaired) electrons. The number of fused-ring (bicyclic) bond motifs is 5. The van der Waals surface area contributed by atoms with Crippen molar-refractivity contribution in [2.75, 3.05) is 4.90 Å². The molecule has 4 atom stereocenters. The number of carbonyl (C=O) groups is 3. The number of anilines is 1. The molecule has 36 heavy (non-hydrogen) atoms. The lowest BCUT2D eigenvalue weighted by atomic mass is 9.85. The van der Waals surface area contributed by atoms with E-state index >= 15 is 0 Å². The number of carboxylic acid groups (broad SMARTS) is 1. The lowest BCUT2D eigenvalue weighted by molar-refractivity contribution is -0.122. The Morgan fingerprint density at radius 3 is 1.50 bits per heavy atom. The van der Waals surface area contributed by atoms with E-state index < -0.39 is 17.8 Å². The van der Waals surface area contributed by atoms with Crippen molar-refractivity contribution in [1.82, 2.24) is 0 Å². The summed E-state index contributed by atoms with van der Waals surface area (Å²) in [7, 11) is 0. The first-order valence-electron chi connectivity index (χ1n) is 12.1. The Labute approximate surface area is 209 Å². The molecule has 1 N–H and O–H groups in total. The average molecular weight is 476 g/mol. The molecule has 1 saturated heterocycles. The van der Waals surface area contributed by atoms with Gasteiger partial charge in [0.15, 0.2) is 0 Å². The quantitative estimate of drug-likeness (QED) is 0.404. The van der Waals surface area contributed by atoms with Gasteiger partial charge in [0, 0.05) is 11.8 Å². The third-order valence-electron chi connectivity index (χ3n) is 7.76. The minimum atomic E-state index is -1.05. The summed E-state index contributed by atoms with van der Waals surface area (Å²) in [5, 5.41) is 9.19. The zero-order valence-corrected chi connectivity index (χ0v) is 20.0. The molecule has 3 aromatic carbocycles. The summed E-state index contributed by atoms with van der Waals surface area (Å²) in [6.45, 7) is 4.12. The highest BCUT2D eigenvalue weighted by Crippen LogP contribution is 2.58. The van der Waals surface area contributed by atoms with Gasteiger partial charge < -0.3 is 5.11 Å². The monoisotopic (exact) mass is 475 g/mol. The van der Waals surface area contributed by atoms with Crippen LogP contribution in [0.15, 0.2) is 90.5 Å². The number of aromatic carboxylic acids is 1. The third kappa shape index (κ3) is 3.27. The maximum absolute atomic E-state index is 13.7. The van der Waals surface area contributed by atoms with Gasteiger partial charge >= 0.3 is 5.97 Å². The molecule has 1 heterocycles. The van der Waals surface area contributed by atoms with Crippen molar-refractivity contribution in [1.29, 1.82) is 0 Å². The van der Waals surface area contributed by atoms with E-state index in [1.54, 1.807) is 0 Å². The van der Waals surface area contributed by atoms with Gasteiger partial charge in [-0.3, -0.25) is 9.59 Å². The zero-order valence-electron chi connectivity index (χ0n) is 20.0. The van der Waals surface area contributed by atoms with Gasteiger partial charge in [0.1, 0.15) is 0 Å². The van der Waals surface area contributed by atoms with Crippen molar-refractivity contribution >= 4 is 29.0 Å². The molecule has 2 bridgehead atoms. The van der Waals surface area contributed by atoms with Crippen LogP contribution in [0.2, 0.25) is 0 Å². The number of hydrogen-bond acceptors (Lipinski definition) is 3. The van der Waals surface area contributed by atoms with Crippen molar-refractivity contribution in [3.05, 3.63) is 118 Å². The standard InChI is InChI=1S/C31H25NO4/c1-17-3-7-19(8-4-17)25(20-9-5-18(2)6-10-20)26-23-15-16-24(26)28-27(23)29(33)32(30(28)34)22-13-11-21(12-14-22)31(35)36/h3-16,23-24,27-28H,1-2H3,(H,35,36)/t23-,24-,27+,28+/m1/s1. The Kier molecular flexibility index (Phi) is 5.04. The minimum Gasteiger partial charge on any atom is -0.478 e. The van der Waals surface area contributed by atoms with Gasteiger partial charge in [-0.25, -0.2) is 9.69 Å². The lowest BCUT2D eigenvalue weighted by Gasteiger charge is -2.22. The topological polar surface area (TPSA) is 74.7 Å². The Hall–Kier alpha value is -4.25. The second-order valence-corrected chi connectivity index (χ2v) is 9.91. The molecule has 0 unspecified atom stereocenters. The Bertz CT molecular complexity index is 1380. The smallest absolute Gasteiger partial charge is 0.335 e. The van der Waals surface area contributed by atoms with Crippen LogP contribution in [-0.4, -0.2) is 22.9 Å². The normalized spacial score (nSPS) is 23.9. The van der Waals surface area contributed by atoms with E-state index in [2.05, 4.69) is 74.5 Å². The zero-order chi connectivity index (χ0) is 25.1. The summed E-state index contributed by atoms with van der Waals surface area (Å²) in [6.07, 6.45) is 4.18. The average Bonchev–Trinajstić information content (AvgIpc) is 3.51. The summed E-state index contributed by atoms with van der Waals surface area (Å²) >= 11 is 0. The largest absolute Gasteiger partial charge is 0.478 e. The van der Waals surface area contributed by atoms with Gasteiger partial charge in [-0.05, 0) is 60.4 Å². The fourth-order valence-corrected chi connectivity index (χ4v) is 6.04. The lowest BCUT2D eigenvalue weighted by Crippen LogP contribution is -2.33. The number of imide groups is 1. The van der Waals surface area contributed by atoms with Gasteiger partial charge in [-0.2, -0.15) is 0 Å². The molecule has 0 aromatic heterocycles. The SMILES string of the molecule is Cc1ccc(C(=C2[C@H]3C=C[C@H]2[C@@H]2C(=O)N(c4ccc(C(=O)O)cc4)C(=O)[C@H]23)c2ccc(C)cc2)cc1. The predicted molar refractivity (Wildman–Crippen MR) is 137 cm³/mol. The molecule has 1 aliphatic heterocycles. The molecule has 0 spiro atoms. The fourth-order valence-electron chi connectivity index (χ4n) is 6.04. The predicted octanol–water partition coefficient (Wildman–Crippen LogP) is 5.43. The second kappa shape index (κ2) is 8.16. The highest BCUT2D eigenvalue weighted by atomic mass is 16.4. The maximum Gasteiger partial charge on any atom is 0.335 e. The summed E-state index contributed by atoms with van der Waals surface area (Å²) in [5.74, 6) is -2.69. The highest BCUT2D eigenvalue weighted by molar-refractivity contribution is 6.23. The second-order valence-electron chi connectivity index (χ2n) is 9.91. The molecule has 178 valence electrons. The molecule has 3 aliphatic rings. The molecule has 5 nitrogen and oxygen atoms in total. The van der Waals surface area contributed by atoms with Crippen LogP contribution in [0.5, 0.6) is 0 Å². The van der Waals surface area contributed by atoms with Crippen LogP contribution in [0.4, 0.5) is 5.69 Å². The minimum absolute atomic E-state index is 0.117. The van der Waals surface area contributed by atoms with E-state index in [9.17, 15) is 19.5 Å². The van der Waals surface area contributed by atoms with Gasteiger partial charge in [0.2, 0.25) is 11.8 Å². The van der Waals surface area contributed by atoms with E-state index in [1.165, 1.54) is 40.3 Å². The number of aryl methyl sites for hydroxylation is 2. The first-order valence-corrected chi connectivity index (χ1v) is 12.1. The van der Waals surface area contributed by atoms with Gasteiger partial charge in [-0.1, -0.05) is 71.8 Å². The third-order valence-corrected chi connectivity index (χ3v) is 7.76. The van der Waals surface area contributed by atoms with Crippen LogP contribution < -0.4 is 4.90 Å². The van der Waals surface area contributed by atoms with Gasteiger partial charge in [0.05, 0.1) is 23.1 Å². The van der Waals surface area contributed by atoms with E-state index in [4.69, 9.17) is 0 Å². The number of amides is 2. The Balaban J connectivity index is 1.45. The molecular formula is C31H25NO4. The van der Waals surface area contributed by atoms with E-state index in [-0.39, 0.29) is 29.2 Å². The van der Waals surface area contributed by atoms with Crippen LogP contribution in [0.25, 0.3) is 5.57 Å². The summed E-state index contributed by atoms with van der Waals surface area (Å²) < 4.78 is 0. The molecule has 2 aliphatic carbocycles. The molecule has 2 amide bonds. The van der Waals surface area contributed by atoms with Gasteiger partial charge in [-0.15, -0.1) is 0 Å². The molecule has 5 heteroatoms. The summed E-state index contributed by atoms with van der Waals surface area (Å²) in [5.41, 5.74) is 7.29. The van der Waals surface area contributed by atoms with Gasteiger partial charge in [0.25, 0.3) is 0 Å². The number of allylic oxidation sites excluding steroid dienone is 3. The van der Waals surface area contributed by atoms with E-state index in [0.717, 1.165) is 22.3 Å². The van der Waals surface area contributed by atoms with Crippen molar-refractivity contribution in [3.8, 4) is 0 Å². The number of nitrogens with zero attached hydrogens (tertiary/aromatic N) is 1. The Morgan fingerprint density at radius 2 is 1.08 bits per heavy atom. The first-order chi connectivity index (χ1) is 17.3. The summed E-state index contributed by atoms with van der Waals surface area (Å²) in [4.78, 5) is 39.8. The maximum atomic E-state index is 13.7. The van der Waals surface area contributed by atoms with Crippen molar-refractivity contribution in [2.45, 2.75) is 13.8 Å². The van der Waals surface area contributed by atoms with Crippen LogP contribution in [0, 0.1) is 37.5 Å². The van der Waals surface area contributed by atoms with Crippen molar-refractivity contribution < 1.29 is 19.5 Å². The van der Waals surface area contributed by atoms with Crippen LogP contribution in [0.3, 0.4) is 0 Å². The Morgan fingerprint density at radius 1 is 0.667 bits per heavy atom. The van der Waals surface area contributed by atoms with E-state index in [1.807, 2.05) is 0 Å². The number of rotatable bonds is 4. The van der Waals surface area contributed by atoms with Crippen molar-refractivity contribution in [3.63, 3.8) is 0 Å². The number of benzene rings is 3. The first kappa shape index (κ1) is 22.2. The number of hydrogen-bond donors (Lipinski definition) is 1. The van der Waals surface area contributed by atoms with E-state index in [0.29, 0.717) is 5.69 Å². The fraction of sp³-hybridized carbons (Fsp3) is 0.194. The van der Waals surface area contributed by atoms with Crippen molar-refractivity contribution in [2.24, 2.45) is 23.7 Å².